The van der Waals surface area contributed by atoms with Gasteiger partial charge in [-0.05, 0) is 19.8 Å². The van der Waals surface area contributed by atoms with E-state index >= 15 is 0 Å². The zero-order valence-electron chi connectivity index (χ0n) is 9.32. The third kappa shape index (κ3) is 2.28. The van der Waals surface area contributed by atoms with E-state index in [9.17, 15) is 9.59 Å². The molecule has 1 aliphatic rings. The molecule has 15 heavy (non-hydrogen) atoms. The van der Waals surface area contributed by atoms with Crippen molar-refractivity contribution in [2.45, 2.75) is 32.7 Å². The fourth-order valence-electron chi connectivity index (χ4n) is 1.76. The van der Waals surface area contributed by atoms with Crippen LogP contribution in [0.5, 0.6) is 0 Å². The average molecular weight is 213 g/mol. The number of primary amides is 1. The number of likely N-dealkylation sites (tertiary alicyclic amines) is 1. The molecule has 1 fully saturated rings. The molecule has 2 amide bonds. The molecular weight excluding hydrogens is 194 g/mol. The molecule has 2 atom stereocenters. The summed E-state index contributed by atoms with van der Waals surface area (Å²) in [5, 5.41) is 0. The van der Waals surface area contributed by atoms with Gasteiger partial charge in [-0.15, -0.1) is 0 Å². The van der Waals surface area contributed by atoms with Crippen LogP contribution in [0.2, 0.25) is 0 Å². The second kappa shape index (κ2) is 4.18. The van der Waals surface area contributed by atoms with Gasteiger partial charge in [-0.25, -0.2) is 0 Å². The van der Waals surface area contributed by atoms with E-state index in [1.54, 1.807) is 11.8 Å². The van der Waals surface area contributed by atoms with Crippen LogP contribution in [0.25, 0.3) is 0 Å². The lowest BCUT2D eigenvalue weighted by Gasteiger charge is -2.23. The number of carbonyl (C=O) groups excluding carboxylic acids is 2. The van der Waals surface area contributed by atoms with Gasteiger partial charge in [0.2, 0.25) is 11.8 Å². The van der Waals surface area contributed by atoms with Crippen LogP contribution in [0.15, 0.2) is 0 Å². The van der Waals surface area contributed by atoms with Crippen LogP contribution in [0.4, 0.5) is 0 Å². The molecule has 0 aromatic rings. The summed E-state index contributed by atoms with van der Waals surface area (Å²) in [6, 6.07) is -0.458. The summed E-state index contributed by atoms with van der Waals surface area (Å²) >= 11 is 0. The Hall–Kier alpha value is -1.10. The van der Waals surface area contributed by atoms with E-state index in [0.717, 1.165) is 0 Å². The van der Waals surface area contributed by atoms with Crippen molar-refractivity contribution in [3.63, 3.8) is 0 Å². The number of hydrogen-bond acceptors (Lipinski definition) is 3. The van der Waals surface area contributed by atoms with Crippen LogP contribution in [0, 0.1) is 5.41 Å². The predicted molar refractivity (Wildman–Crippen MR) is 56.8 cm³/mol. The van der Waals surface area contributed by atoms with Gasteiger partial charge < -0.3 is 16.4 Å². The fraction of sp³-hybridized carbons (Fsp3) is 0.800. The van der Waals surface area contributed by atoms with E-state index < -0.39 is 11.5 Å². The van der Waals surface area contributed by atoms with Crippen molar-refractivity contribution in [2.75, 3.05) is 13.1 Å². The smallest absolute Gasteiger partial charge is 0.239 e. The van der Waals surface area contributed by atoms with Crippen molar-refractivity contribution in [1.82, 2.24) is 4.90 Å². The topological polar surface area (TPSA) is 89.4 Å². The Morgan fingerprint density at radius 1 is 1.53 bits per heavy atom. The molecule has 86 valence electrons. The minimum Gasteiger partial charge on any atom is -0.369 e. The summed E-state index contributed by atoms with van der Waals surface area (Å²) < 4.78 is 0. The molecule has 1 aliphatic heterocycles. The largest absolute Gasteiger partial charge is 0.369 e. The Balaban J connectivity index is 2.64. The molecule has 1 saturated heterocycles. The summed E-state index contributed by atoms with van der Waals surface area (Å²) in [6.45, 7) is 4.63. The summed E-state index contributed by atoms with van der Waals surface area (Å²) in [4.78, 5) is 24.6. The first-order valence-corrected chi connectivity index (χ1v) is 5.25. The van der Waals surface area contributed by atoms with Gasteiger partial charge in [-0.2, -0.15) is 0 Å². The van der Waals surface area contributed by atoms with Crippen molar-refractivity contribution in [3.05, 3.63) is 0 Å². The predicted octanol–water partition coefficient (Wildman–Crippen LogP) is -0.552. The highest BCUT2D eigenvalue weighted by Crippen LogP contribution is 2.29. The standard InChI is InChI=1S/C10H19N3O2/c1-3-7(11)8(14)13-5-4-10(2,6-13)9(12)15/h7H,3-6,11H2,1-2H3,(H2,12,15)/t7-,10?/m1/s1. The maximum atomic E-state index is 11.7. The normalized spacial score (nSPS) is 27.8. The third-order valence-electron chi connectivity index (χ3n) is 3.14. The van der Waals surface area contributed by atoms with Crippen molar-refractivity contribution in [3.8, 4) is 0 Å². The molecule has 4 N–H and O–H groups in total. The first kappa shape index (κ1) is 12.0. The third-order valence-corrected chi connectivity index (χ3v) is 3.14. The Labute approximate surface area is 89.8 Å². The minimum absolute atomic E-state index is 0.0810. The van der Waals surface area contributed by atoms with Gasteiger partial charge in [0.25, 0.3) is 0 Å². The van der Waals surface area contributed by atoms with E-state index in [2.05, 4.69) is 0 Å². The highest BCUT2D eigenvalue weighted by Gasteiger charge is 2.41. The second-order valence-electron chi connectivity index (χ2n) is 4.45. The maximum absolute atomic E-state index is 11.7. The van der Waals surface area contributed by atoms with Crippen LogP contribution in [0.1, 0.15) is 26.7 Å². The zero-order chi connectivity index (χ0) is 11.6. The van der Waals surface area contributed by atoms with Crippen LogP contribution >= 0.6 is 0 Å². The van der Waals surface area contributed by atoms with E-state index in [0.29, 0.717) is 25.9 Å². The number of amides is 2. The lowest BCUT2D eigenvalue weighted by Crippen LogP contribution is -2.44. The van der Waals surface area contributed by atoms with E-state index in [-0.39, 0.29) is 11.8 Å². The van der Waals surface area contributed by atoms with Gasteiger partial charge in [-0.1, -0.05) is 6.92 Å². The van der Waals surface area contributed by atoms with Crippen molar-refractivity contribution < 1.29 is 9.59 Å². The van der Waals surface area contributed by atoms with Crippen molar-refractivity contribution >= 4 is 11.8 Å². The van der Waals surface area contributed by atoms with Gasteiger partial charge in [0, 0.05) is 13.1 Å². The quantitative estimate of drug-likeness (QED) is 0.659. The summed E-state index contributed by atoms with van der Waals surface area (Å²) in [7, 11) is 0. The fourth-order valence-corrected chi connectivity index (χ4v) is 1.76. The SMILES string of the molecule is CC[C@@H](N)C(=O)N1CCC(C)(C(N)=O)C1. The Morgan fingerprint density at radius 3 is 2.53 bits per heavy atom. The molecule has 1 rings (SSSR count). The van der Waals surface area contributed by atoms with Crippen LogP contribution in [-0.4, -0.2) is 35.8 Å². The molecule has 1 unspecified atom stereocenters. The molecule has 0 aromatic heterocycles. The summed E-state index contributed by atoms with van der Waals surface area (Å²) in [5.41, 5.74) is 10.4. The number of nitrogens with zero attached hydrogens (tertiary/aromatic N) is 1. The molecule has 0 bridgehead atoms. The van der Waals surface area contributed by atoms with Gasteiger partial charge in [-0.3, -0.25) is 9.59 Å². The van der Waals surface area contributed by atoms with Gasteiger partial charge in [0.15, 0.2) is 0 Å². The van der Waals surface area contributed by atoms with E-state index in [1.807, 2.05) is 6.92 Å². The Bertz CT molecular complexity index is 280. The summed E-state index contributed by atoms with van der Waals surface area (Å²) in [6.07, 6.45) is 1.24. The molecule has 0 saturated carbocycles. The molecule has 0 spiro atoms. The number of hydrogen-bond donors (Lipinski definition) is 2. The van der Waals surface area contributed by atoms with Crippen LogP contribution < -0.4 is 11.5 Å². The molecule has 5 nitrogen and oxygen atoms in total. The highest BCUT2D eigenvalue weighted by atomic mass is 16.2. The molecule has 0 aromatic carbocycles. The first-order valence-electron chi connectivity index (χ1n) is 5.25. The van der Waals surface area contributed by atoms with Gasteiger partial charge in [0.1, 0.15) is 0 Å². The van der Waals surface area contributed by atoms with Crippen molar-refractivity contribution in [2.24, 2.45) is 16.9 Å². The Kier molecular flexibility index (Phi) is 3.34. The van der Waals surface area contributed by atoms with E-state index in [1.165, 1.54) is 0 Å². The average Bonchev–Trinajstić information content (AvgIpc) is 2.60. The number of rotatable bonds is 3. The van der Waals surface area contributed by atoms with Crippen LogP contribution in [0.3, 0.4) is 0 Å². The molecule has 0 radical (unpaired) electrons. The molecule has 1 heterocycles. The summed E-state index contributed by atoms with van der Waals surface area (Å²) in [5.74, 6) is -0.426. The second-order valence-corrected chi connectivity index (χ2v) is 4.45. The molecule has 5 heteroatoms. The van der Waals surface area contributed by atoms with Crippen molar-refractivity contribution in [1.29, 1.82) is 0 Å². The first-order chi connectivity index (χ1) is 6.90. The maximum Gasteiger partial charge on any atom is 0.239 e. The highest BCUT2D eigenvalue weighted by molar-refractivity contribution is 5.85. The molecule has 0 aliphatic carbocycles. The lowest BCUT2D eigenvalue weighted by atomic mass is 9.89. The monoisotopic (exact) mass is 213 g/mol. The van der Waals surface area contributed by atoms with Gasteiger partial charge >= 0.3 is 0 Å². The van der Waals surface area contributed by atoms with Crippen LogP contribution in [-0.2, 0) is 9.59 Å². The molecular formula is C10H19N3O2. The number of nitrogens with two attached hydrogens (primary N) is 2. The lowest BCUT2D eigenvalue weighted by molar-refractivity contribution is -0.132. The number of carbonyl (C=O) groups is 2. The zero-order valence-corrected chi connectivity index (χ0v) is 9.32. The van der Waals surface area contributed by atoms with E-state index in [4.69, 9.17) is 11.5 Å². The van der Waals surface area contributed by atoms with Gasteiger partial charge in [0.05, 0.1) is 11.5 Å². The Morgan fingerprint density at radius 2 is 2.13 bits per heavy atom. The minimum atomic E-state index is -0.580.